The van der Waals surface area contributed by atoms with Crippen LogP contribution in [-0.4, -0.2) is 161 Å². The molecule has 4 fully saturated rings. The molecule has 36 nitrogen and oxygen atoms in total. The molecule has 0 saturated heterocycles. The summed E-state index contributed by atoms with van der Waals surface area (Å²) in [5.41, 5.74) is 16.0. The Morgan fingerprint density at radius 2 is 0.640 bits per heavy atom. The highest BCUT2D eigenvalue weighted by Crippen LogP contribution is 2.35. The molecule has 580 valence electrons. The molecule has 0 radical (unpaired) electrons. The number of fused-ring (bicyclic) bond motifs is 8. The molecular formula is C74H76N32O4S4. The summed E-state index contributed by atoms with van der Waals surface area (Å²) in [7, 11) is 1.91. The van der Waals surface area contributed by atoms with Crippen LogP contribution < -0.4 is 43.0 Å². The molecule has 16 heterocycles. The van der Waals surface area contributed by atoms with Crippen molar-refractivity contribution in [2.24, 2.45) is 29.4 Å². The minimum absolute atomic E-state index is 0.0265. The number of nitrogens with two attached hydrogens (primary N) is 1. The van der Waals surface area contributed by atoms with Crippen LogP contribution in [0.1, 0.15) is 93.9 Å². The van der Waals surface area contributed by atoms with Gasteiger partial charge in [-0.05, 0) is 220 Å². The van der Waals surface area contributed by atoms with Gasteiger partial charge in [0.05, 0.1) is 24.8 Å². The summed E-state index contributed by atoms with van der Waals surface area (Å²) in [6, 6.07) is 30.9. The van der Waals surface area contributed by atoms with E-state index in [0.717, 1.165) is 165 Å². The van der Waals surface area contributed by atoms with E-state index in [-0.39, 0.29) is 47.3 Å². The number of aromatic nitrogens is 24. The van der Waals surface area contributed by atoms with Crippen LogP contribution in [0.3, 0.4) is 0 Å². The second-order valence-corrected chi connectivity index (χ2v) is 31.5. The average molecular weight is 1610 g/mol. The SMILES string of the molecule is CCCNCc1ccc2nnc(Sc3ccc4nc(NC(=O)C5CC5)cn4n3)n2c1.CCNCc1ccc2nnc(Sc3ccc4nc(NC(=O)C5CC5)cn4n3)n2c1.CNCc1ccc2nnc(Sc3ccc4nc(NC(=O)C5CC5)cn4n3)n2c1.NCc1ccc2nnc(Sc3ccc4nc(NC(=O)C5CC5)cn4n3)n2c1. The molecule has 114 heavy (non-hydrogen) atoms. The first-order valence-corrected chi connectivity index (χ1v) is 40.6. The van der Waals surface area contributed by atoms with Gasteiger partial charge in [-0.15, -0.1) is 40.8 Å². The van der Waals surface area contributed by atoms with Crippen molar-refractivity contribution < 1.29 is 19.2 Å². The lowest BCUT2D eigenvalue weighted by molar-refractivity contribution is -0.118. The van der Waals surface area contributed by atoms with Gasteiger partial charge >= 0.3 is 0 Å². The average Bonchev–Trinajstić information content (AvgIpc) is 1.69. The maximum absolute atomic E-state index is 12.0. The Labute approximate surface area is 665 Å². The molecular weight excluding hydrogens is 1530 g/mol. The molecule has 0 aromatic carbocycles. The second kappa shape index (κ2) is 33.4. The molecule has 4 saturated carbocycles. The minimum atomic E-state index is 0.0265. The summed E-state index contributed by atoms with van der Waals surface area (Å²) in [6.45, 7) is 8.96. The lowest BCUT2D eigenvalue weighted by Gasteiger charge is -2.05. The van der Waals surface area contributed by atoms with E-state index in [2.05, 4.69) is 144 Å². The normalized spacial score (nSPS) is 14.0. The molecule has 4 amide bonds. The molecule has 0 atom stereocenters. The highest BCUT2D eigenvalue weighted by atomic mass is 32.2. The Hall–Kier alpha value is -11.9. The van der Waals surface area contributed by atoms with Crippen molar-refractivity contribution in [3.8, 4) is 0 Å². The number of rotatable bonds is 26. The summed E-state index contributed by atoms with van der Waals surface area (Å²) >= 11 is 5.69. The zero-order chi connectivity index (χ0) is 77.8. The van der Waals surface area contributed by atoms with Gasteiger partial charge in [-0.2, -0.15) is 20.4 Å². The van der Waals surface area contributed by atoms with Gasteiger partial charge in [0.2, 0.25) is 44.3 Å². The van der Waals surface area contributed by atoms with Gasteiger partial charge in [0.1, 0.15) is 20.1 Å². The molecule has 16 aromatic heterocycles. The highest BCUT2D eigenvalue weighted by molar-refractivity contribution is 7.99. The smallest absolute Gasteiger partial charge is 0.228 e. The molecule has 4 aliphatic rings. The van der Waals surface area contributed by atoms with Crippen molar-refractivity contribution in [2.45, 2.75) is 139 Å². The quantitative estimate of drug-likeness (QED) is 0.0234. The van der Waals surface area contributed by atoms with Crippen LogP contribution in [0.2, 0.25) is 0 Å². The molecule has 20 rings (SSSR count). The van der Waals surface area contributed by atoms with E-state index in [1.807, 2.05) is 134 Å². The van der Waals surface area contributed by atoms with E-state index in [9.17, 15) is 19.2 Å². The van der Waals surface area contributed by atoms with Gasteiger partial charge in [0, 0.05) is 74.6 Å². The molecule has 40 heteroatoms. The lowest BCUT2D eigenvalue weighted by atomic mass is 10.3. The number of hydrogen-bond donors (Lipinski definition) is 8. The number of imidazole rings is 4. The van der Waals surface area contributed by atoms with Gasteiger partial charge in [0.25, 0.3) is 0 Å². The number of carbonyl (C=O) groups is 4. The lowest BCUT2D eigenvalue weighted by Crippen LogP contribution is -2.14. The molecule has 0 unspecified atom stereocenters. The molecule has 4 aliphatic carbocycles. The van der Waals surface area contributed by atoms with E-state index < -0.39 is 0 Å². The van der Waals surface area contributed by atoms with Crippen LogP contribution in [-0.2, 0) is 45.4 Å². The Bertz CT molecular complexity index is 6250. The fourth-order valence-electron chi connectivity index (χ4n) is 11.8. The number of hydrogen-bond acceptors (Lipinski definition) is 28. The number of nitrogens with one attached hydrogen (secondary N) is 7. The topological polar surface area (TPSA) is 420 Å². The van der Waals surface area contributed by atoms with Crippen LogP contribution in [0, 0.1) is 23.7 Å². The summed E-state index contributed by atoms with van der Waals surface area (Å²) in [5.74, 6) is 2.76. The number of pyridine rings is 4. The summed E-state index contributed by atoms with van der Waals surface area (Å²) in [5, 5.41) is 79.6. The molecule has 16 aromatic rings. The third-order valence-corrected chi connectivity index (χ3v) is 22.0. The summed E-state index contributed by atoms with van der Waals surface area (Å²) in [6.07, 6.45) is 23.7. The van der Waals surface area contributed by atoms with Crippen molar-refractivity contribution in [3.05, 3.63) is 169 Å². The third kappa shape index (κ3) is 17.9. The standard InChI is InChI=1S/C20H22N8OS.C19H20N8OS.C18H18N8OS.C17H16N8OS/c1-2-9-21-10-13-3-6-17-24-25-20(27(17)11-13)30-18-8-7-16-22-15(12-28(16)26-18)23-19(29)14-4-5-14;1-2-20-9-12-3-6-16-23-24-19(26(16)10-12)29-17-8-7-15-21-14(11-27(15)25-17)22-18(28)13-4-5-13;1-19-8-11-2-5-15-22-23-18(25(15)9-11)28-16-7-6-14-20-13(10-26(14)24-16)21-17(27)12-3-4-12;18-7-10-1-4-14-21-22-17(24(14)8-10)27-15-6-5-13-19-12(9-25(13)23-15)20-16(26)11-2-3-11/h3,6-8,11-12,14,21H,2,4-5,9-10H2,1H3,(H,23,29);3,6-8,10-11,13,20H,2,4-5,9H2,1H3,(H,22,28);2,5-7,9-10,12,19H,3-4,8H2,1H3,(H,21,27);1,4-6,8-9,11H,2-3,7,18H2,(H,20,26). The molecule has 9 N–H and O–H groups in total. The number of nitrogens with zero attached hydrogens (tertiary/aromatic N) is 24. The van der Waals surface area contributed by atoms with E-state index in [0.29, 0.717) is 57.6 Å². The largest absolute Gasteiger partial charge is 0.326 e. The van der Waals surface area contributed by atoms with Crippen molar-refractivity contribution in [1.82, 2.24) is 133 Å². The maximum atomic E-state index is 12.0. The first-order chi connectivity index (χ1) is 55.8. The Balaban J connectivity index is 0.000000110. The third-order valence-electron chi connectivity index (χ3n) is 18.4. The monoisotopic (exact) mass is 1600 g/mol. The van der Waals surface area contributed by atoms with E-state index in [1.54, 1.807) is 42.8 Å². The summed E-state index contributed by atoms with van der Waals surface area (Å²) < 4.78 is 14.5. The Morgan fingerprint density at radius 1 is 0.360 bits per heavy atom. The second-order valence-electron chi connectivity index (χ2n) is 27.5. The van der Waals surface area contributed by atoms with Gasteiger partial charge in [-0.1, -0.05) is 38.1 Å². The first-order valence-electron chi connectivity index (χ1n) is 37.3. The van der Waals surface area contributed by atoms with Gasteiger partial charge in [0.15, 0.2) is 68.4 Å². The fourth-order valence-corrected chi connectivity index (χ4v) is 14.9. The number of carbonyl (C=O) groups excluding carboxylic acids is 4. The fraction of sp³-hybridized carbons (Fsp3) is 0.297. The van der Waals surface area contributed by atoms with Crippen LogP contribution in [0.5, 0.6) is 0 Å². The molecule has 0 spiro atoms. The van der Waals surface area contributed by atoms with Gasteiger partial charge < -0.3 is 43.0 Å². The maximum Gasteiger partial charge on any atom is 0.228 e. The minimum Gasteiger partial charge on any atom is -0.326 e. The zero-order valence-electron chi connectivity index (χ0n) is 61.8. The number of amides is 4. The zero-order valence-corrected chi connectivity index (χ0v) is 65.1. The van der Waals surface area contributed by atoms with E-state index in [4.69, 9.17) is 5.73 Å². The van der Waals surface area contributed by atoms with Crippen LogP contribution in [0.4, 0.5) is 23.3 Å². The predicted octanol–water partition coefficient (Wildman–Crippen LogP) is 8.87. The van der Waals surface area contributed by atoms with Crippen LogP contribution >= 0.6 is 47.0 Å². The Kier molecular flexibility index (Phi) is 21.9. The van der Waals surface area contributed by atoms with Gasteiger partial charge in [-0.3, -0.25) is 36.8 Å². The summed E-state index contributed by atoms with van der Waals surface area (Å²) in [4.78, 5) is 65.3. The molecule has 0 aliphatic heterocycles. The van der Waals surface area contributed by atoms with Crippen molar-refractivity contribution in [1.29, 1.82) is 0 Å². The molecule has 0 bridgehead atoms. The van der Waals surface area contributed by atoms with E-state index >= 15 is 0 Å². The highest BCUT2D eigenvalue weighted by Gasteiger charge is 2.33. The van der Waals surface area contributed by atoms with Gasteiger partial charge in [-0.25, -0.2) is 38.0 Å². The van der Waals surface area contributed by atoms with Crippen LogP contribution in [0.25, 0.3) is 45.2 Å². The van der Waals surface area contributed by atoms with Crippen molar-refractivity contribution >= 4 is 139 Å². The van der Waals surface area contributed by atoms with Crippen molar-refractivity contribution in [3.63, 3.8) is 0 Å². The van der Waals surface area contributed by atoms with E-state index in [1.165, 1.54) is 52.6 Å². The number of anilines is 4. The first kappa shape index (κ1) is 74.8. The Morgan fingerprint density at radius 3 is 0.921 bits per heavy atom. The predicted molar refractivity (Wildman–Crippen MR) is 426 cm³/mol. The van der Waals surface area contributed by atoms with Crippen molar-refractivity contribution in [2.75, 3.05) is 41.4 Å². The van der Waals surface area contributed by atoms with Crippen LogP contribution in [0.15, 0.2) is 187 Å².